The lowest BCUT2D eigenvalue weighted by Crippen LogP contribution is -2.52. The number of hydrogen-bond acceptors (Lipinski definition) is 5. The Morgan fingerprint density at radius 2 is 2.00 bits per heavy atom. The summed E-state index contributed by atoms with van der Waals surface area (Å²) in [6.45, 7) is 2.39. The van der Waals surface area contributed by atoms with E-state index in [2.05, 4.69) is 5.16 Å². The first-order chi connectivity index (χ1) is 9.28. The molecule has 5 nitrogen and oxygen atoms in total. The molecule has 0 aromatic heterocycles. The Morgan fingerprint density at radius 3 is 2.74 bits per heavy atom. The van der Waals surface area contributed by atoms with Crippen molar-refractivity contribution in [1.29, 1.82) is 0 Å². The Balaban J connectivity index is 1.78. The van der Waals surface area contributed by atoms with Gasteiger partial charge < -0.3 is 19.4 Å². The molecule has 0 spiro atoms. The molecule has 0 amide bonds. The third kappa shape index (κ3) is 2.49. The number of nitrogens with zero attached hydrogens (tertiary/aromatic N) is 1. The second-order valence-electron chi connectivity index (χ2n) is 4.91. The molecule has 3 rings (SSSR count). The van der Waals surface area contributed by atoms with E-state index in [0.717, 1.165) is 5.56 Å². The van der Waals surface area contributed by atoms with Crippen LogP contribution in [0.4, 0.5) is 0 Å². The van der Waals surface area contributed by atoms with E-state index in [1.54, 1.807) is 0 Å². The molecular weight excluding hydrogens is 246 g/mol. The fraction of sp³-hybridized carbons (Fsp3) is 0.500. The quantitative estimate of drug-likeness (QED) is 0.622. The summed E-state index contributed by atoms with van der Waals surface area (Å²) >= 11 is 0. The van der Waals surface area contributed by atoms with E-state index < -0.39 is 6.29 Å². The molecule has 4 atom stereocenters. The second kappa shape index (κ2) is 5.28. The molecule has 19 heavy (non-hydrogen) atoms. The highest BCUT2D eigenvalue weighted by Gasteiger charge is 2.41. The molecule has 2 saturated heterocycles. The molecule has 2 heterocycles. The van der Waals surface area contributed by atoms with Gasteiger partial charge in [-0.25, -0.2) is 0 Å². The normalized spacial score (nSPS) is 37.0. The number of rotatable bonds is 1. The summed E-state index contributed by atoms with van der Waals surface area (Å²) in [4.78, 5) is 0. The average Bonchev–Trinajstić information content (AvgIpc) is 2.46. The van der Waals surface area contributed by atoms with Crippen molar-refractivity contribution in [2.24, 2.45) is 5.16 Å². The lowest BCUT2D eigenvalue weighted by Gasteiger charge is -2.41. The molecule has 1 N–H and O–H groups in total. The van der Waals surface area contributed by atoms with Crippen molar-refractivity contribution in [1.82, 2.24) is 0 Å². The molecule has 0 saturated carbocycles. The van der Waals surface area contributed by atoms with Crippen LogP contribution in [0.5, 0.6) is 0 Å². The Labute approximate surface area is 111 Å². The molecule has 2 fully saturated rings. The maximum atomic E-state index is 9.12. The molecule has 2 aliphatic rings. The van der Waals surface area contributed by atoms with E-state index in [-0.39, 0.29) is 18.3 Å². The SMILES string of the molecule is C[C@@H]1C/C(=N/O)[C@H]2O[C@@H](c3ccccc3)OC[C@@H]2O1. The van der Waals surface area contributed by atoms with Crippen molar-refractivity contribution < 1.29 is 19.4 Å². The summed E-state index contributed by atoms with van der Waals surface area (Å²) in [6.07, 6.45) is -0.363. The molecule has 1 aromatic carbocycles. The zero-order chi connectivity index (χ0) is 13.2. The topological polar surface area (TPSA) is 60.3 Å². The van der Waals surface area contributed by atoms with E-state index in [9.17, 15) is 0 Å². The summed E-state index contributed by atoms with van der Waals surface area (Å²) in [5, 5.41) is 12.5. The Hall–Kier alpha value is -1.43. The standard InChI is InChI=1S/C14H17NO4/c1-9-7-11(15-16)13-12(18-9)8-17-14(19-13)10-5-3-2-4-6-10/h2-6,9,12-14,16H,7-8H2,1H3/b15-11-/t9-,12+,13-,14+/m1/s1. The number of hydrogen-bond donors (Lipinski definition) is 1. The average molecular weight is 263 g/mol. The minimum Gasteiger partial charge on any atom is -0.411 e. The van der Waals surface area contributed by atoms with Gasteiger partial charge in [-0.1, -0.05) is 35.5 Å². The van der Waals surface area contributed by atoms with Gasteiger partial charge in [-0.3, -0.25) is 0 Å². The molecule has 102 valence electrons. The minimum atomic E-state index is -0.434. The van der Waals surface area contributed by atoms with Crippen LogP contribution in [0.15, 0.2) is 35.5 Å². The van der Waals surface area contributed by atoms with E-state index in [1.165, 1.54) is 0 Å². The number of oxime groups is 1. The van der Waals surface area contributed by atoms with Crippen LogP contribution in [0, 0.1) is 0 Å². The first-order valence-electron chi connectivity index (χ1n) is 6.46. The monoisotopic (exact) mass is 263 g/mol. The molecule has 0 unspecified atom stereocenters. The van der Waals surface area contributed by atoms with Crippen LogP contribution in [0.1, 0.15) is 25.2 Å². The van der Waals surface area contributed by atoms with Crippen molar-refractivity contribution in [2.75, 3.05) is 6.61 Å². The fourth-order valence-electron chi connectivity index (χ4n) is 2.57. The Kier molecular flexibility index (Phi) is 3.50. The summed E-state index contributed by atoms with van der Waals surface area (Å²) in [5.41, 5.74) is 1.59. The van der Waals surface area contributed by atoms with E-state index in [1.807, 2.05) is 37.3 Å². The number of benzene rings is 1. The summed E-state index contributed by atoms with van der Waals surface area (Å²) in [7, 11) is 0. The highest BCUT2D eigenvalue weighted by molar-refractivity contribution is 5.90. The van der Waals surface area contributed by atoms with E-state index >= 15 is 0 Å². The van der Waals surface area contributed by atoms with Crippen LogP contribution in [0.25, 0.3) is 0 Å². The predicted molar refractivity (Wildman–Crippen MR) is 68.2 cm³/mol. The zero-order valence-corrected chi connectivity index (χ0v) is 10.7. The Bertz CT molecular complexity index is 462. The van der Waals surface area contributed by atoms with Crippen LogP contribution in [-0.2, 0) is 14.2 Å². The van der Waals surface area contributed by atoms with Crippen LogP contribution >= 0.6 is 0 Å². The molecule has 1 aromatic rings. The highest BCUT2D eigenvalue weighted by Crippen LogP contribution is 2.32. The smallest absolute Gasteiger partial charge is 0.184 e. The van der Waals surface area contributed by atoms with Crippen molar-refractivity contribution in [2.45, 2.75) is 37.9 Å². The molecule has 0 radical (unpaired) electrons. The zero-order valence-electron chi connectivity index (χ0n) is 10.7. The minimum absolute atomic E-state index is 0.0209. The highest BCUT2D eigenvalue weighted by atomic mass is 16.7. The molecular formula is C14H17NO4. The maximum absolute atomic E-state index is 9.12. The first kappa shape index (κ1) is 12.6. The van der Waals surface area contributed by atoms with Crippen molar-refractivity contribution in [3.63, 3.8) is 0 Å². The maximum Gasteiger partial charge on any atom is 0.184 e. The third-order valence-electron chi connectivity index (χ3n) is 3.45. The van der Waals surface area contributed by atoms with Crippen LogP contribution in [-0.4, -0.2) is 35.8 Å². The van der Waals surface area contributed by atoms with Crippen molar-refractivity contribution >= 4 is 5.71 Å². The van der Waals surface area contributed by atoms with Crippen LogP contribution in [0.3, 0.4) is 0 Å². The first-order valence-corrected chi connectivity index (χ1v) is 6.46. The fourth-order valence-corrected chi connectivity index (χ4v) is 2.57. The molecule has 0 bridgehead atoms. The molecule has 0 aliphatic carbocycles. The Morgan fingerprint density at radius 1 is 1.21 bits per heavy atom. The van der Waals surface area contributed by atoms with Gasteiger partial charge in [0.1, 0.15) is 12.2 Å². The van der Waals surface area contributed by atoms with Gasteiger partial charge in [0.15, 0.2) is 6.29 Å². The second-order valence-corrected chi connectivity index (χ2v) is 4.91. The van der Waals surface area contributed by atoms with Gasteiger partial charge in [-0.05, 0) is 6.92 Å². The number of ether oxygens (including phenoxy) is 3. The number of fused-ring (bicyclic) bond motifs is 1. The van der Waals surface area contributed by atoms with Gasteiger partial charge in [0.2, 0.25) is 0 Å². The summed E-state index contributed by atoms with van der Waals surface area (Å²) < 4.78 is 17.3. The lowest BCUT2D eigenvalue weighted by molar-refractivity contribution is -0.261. The largest absolute Gasteiger partial charge is 0.411 e. The van der Waals surface area contributed by atoms with Gasteiger partial charge >= 0.3 is 0 Å². The summed E-state index contributed by atoms with van der Waals surface area (Å²) in [6, 6.07) is 9.73. The van der Waals surface area contributed by atoms with E-state index in [4.69, 9.17) is 19.4 Å². The van der Waals surface area contributed by atoms with Gasteiger partial charge in [-0.15, -0.1) is 0 Å². The summed E-state index contributed by atoms with van der Waals surface area (Å²) in [5.74, 6) is 0. The van der Waals surface area contributed by atoms with Gasteiger partial charge in [0.05, 0.1) is 18.4 Å². The van der Waals surface area contributed by atoms with Crippen LogP contribution in [0.2, 0.25) is 0 Å². The van der Waals surface area contributed by atoms with Crippen molar-refractivity contribution in [3.8, 4) is 0 Å². The van der Waals surface area contributed by atoms with Gasteiger partial charge in [-0.2, -0.15) is 0 Å². The molecule has 5 heteroatoms. The van der Waals surface area contributed by atoms with E-state index in [0.29, 0.717) is 18.7 Å². The lowest BCUT2D eigenvalue weighted by atomic mass is 9.98. The predicted octanol–water partition coefficient (Wildman–Crippen LogP) is 2.11. The van der Waals surface area contributed by atoms with Gasteiger partial charge in [0, 0.05) is 12.0 Å². The van der Waals surface area contributed by atoms with Crippen molar-refractivity contribution in [3.05, 3.63) is 35.9 Å². The van der Waals surface area contributed by atoms with Crippen LogP contribution < -0.4 is 0 Å². The third-order valence-corrected chi connectivity index (χ3v) is 3.45. The molecule has 2 aliphatic heterocycles. The van der Waals surface area contributed by atoms with Gasteiger partial charge in [0.25, 0.3) is 0 Å².